The molecule has 96 valence electrons. The Hall–Kier alpha value is -0.590. The van der Waals surface area contributed by atoms with Gasteiger partial charge in [-0.3, -0.25) is 0 Å². The summed E-state index contributed by atoms with van der Waals surface area (Å²) < 4.78 is 37.2. The molecule has 0 radical (unpaired) electrons. The molecule has 0 aliphatic rings. The number of aliphatic hydroxyl groups is 2. The maximum absolute atomic E-state index is 12.4. The van der Waals surface area contributed by atoms with Gasteiger partial charge in [0, 0.05) is 5.33 Å². The van der Waals surface area contributed by atoms with Crippen LogP contribution in [0.5, 0.6) is 0 Å². The quantitative estimate of drug-likeness (QED) is 0.843. The van der Waals surface area contributed by atoms with Crippen molar-refractivity contribution < 1.29 is 23.4 Å². The van der Waals surface area contributed by atoms with Gasteiger partial charge in [-0.05, 0) is 30.2 Å². The highest BCUT2D eigenvalue weighted by Gasteiger charge is 2.31. The number of alkyl halides is 4. The van der Waals surface area contributed by atoms with Gasteiger partial charge in [0.1, 0.15) is 6.10 Å². The summed E-state index contributed by atoms with van der Waals surface area (Å²) in [6.07, 6.45) is -6.65. The van der Waals surface area contributed by atoms with Crippen LogP contribution < -0.4 is 0 Å². The van der Waals surface area contributed by atoms with Crippen molar-refractivity contribution in [1.82, 2.24) is 0 Å². The van der Waals surface area contributed by atoms with Crippen molar-refractivity contribution >= 4 is 15.9 Å². The second kappa shape index (κ2) is 5.37. The third-order valence-corrected chi connectivity index (χ3v) is 3.10. The van der Waals surface area contributed by atoms with Crippen molar-refractivity contribution in [1.29, 1.82) is 0 Å². The third-order valence-electron chi connectivity index (χ3n) is 2.44. The van der Waals surface area contributed by atoms with Crippen molar-refractivity contribution in [2.24, 2.45) is 0 Å². The largest absolute Gasteiger partial charge is 0.416 e. The summed E-state index contributed by atoms with van der Waals surface area (Å²) in [5.41, 5.74) is -0.170. The minimum absolute atomic E-state index is 0.147. The van der Waals surface area contributed by atoms with E-state index < -0.39 is 23.9 Å². The van der Waals surface area contributed by atoms with Gasteiger partial charge in [-0.15, -0.1) is 0 Å². The van der Waals surface area contributed by atoms with E-state index in [1.54, 1.807) is 0 Å². The zero-order chi connectivity index (χ0) is 13.2. The zero-order valence-electron chi connectivity index (χ0n) is 9.00. The zero-order valence-corrected chi connectivity index (χ0v) is 10.6. The highest BCUT2D eigenvalue weighted by atomic mass is 79.9. The first-order valence-electron chi connectivity index (χ1n) is 4.87. The first-order valence-corrected chi connectivity index (χ1v) is 5.99. The summed E-state index contributed by atoms with van der Waals surface area (Å²) in [5.74, 6) is 0. The van der Waals surface area contributed by atoms with Crippen molar-refractivity contribution in [2.75, 3.05) is 5.33 Å². The topological polar surface area (TPSA) is 40.5 Å². The Bertz CT molecular complexity index is 393. The van der Waals surface area contributed by atoms with Gasteiger partial charge >= 0.3 is 6.18 Å². The minimum Gasteiger partial charge on any atom is -0.389 e. The van der Waals surface area contributed by atoms with E-state index in [1.165, 1.54) is 13.0 Å². The summed E-state index contributed by atoms with van der Waals surface area (Å²) in [4.78, 5) is 0. The Morgan fingerprint density at radius 2 is 1.88 bits per heavy atom. The van der Waals surface area contributed by atoms with E-state index in [0.717, 1.165) is 12.1 Å². The molecular formula is C11H12BrF3O2. The average Bonchev–Trinajstić information content (AvgIpc) is 2.25. The molecule has 0 fully saturated rings. The number of aliphatic hydroxyl groups excluding tert-OH is 2. The van der Waals surface area contributed by atoms with Gasteiger partial charge in [0.15, 0.2) is 0 Å². The predicted molar refractivity (Wildman–Crippen MR) is 60.9 cm³/mol. The fourth-order valence-electron chi connectivity index (χ4n) is 1.48. The fourth-order valence-corrected chi connectivity index (χ4v) is 1.83. The van der Waals surface area contributed by atoms with Gasteiger partial charge in [-0.2, -0.15) is 13.2 Å². The number of rotatable bonds is 3. The molecule has 0 heterocycles. The Labute approximate surface area is 105 Å². The van der Waals surface area contributed by atoms with E-state index >= 15 is 0 Å². The molecule has 0 aliphatic heterocycles. The van der Waals surface area contributed by atoms with E-state index in [1.807, 2.05) is 0 Å². The first kappa shape index (κ1) is 14.5. The molecule has 0 aromatic heterocycles. The molecule has 1 aromatic carbocycles. The van der Waals surface area contributed by atoms with Gasteiger partial charge in [0.25, 0.3) is 0 Å². The lowest BCUT2D eigenvalue weighted by Crippen LogP contribution is -2.20. The Balaban J connectivity index is 3.06. The summed E-state index contributed by atoms with van der Waals surface area (Å²) in [6.45, 7) is 1.47. The first-order chi connectivity index (χ1) is 7.77. The Kier molecular flexibility index (Phi) is 4.57. The molecule has 0 amide bonds. The van der Waals surface area contributed by atoms with Gasteiger partial charge in [0.05, 0.1) is 11.7 Å². The van der Waals surface area contributed by atoms with E-state index in [-0.39, 0.29) is 5.33 Å². The number of halogens is 4. The van der Waals surface area contributed by atoms with Gasteiger partial charge in [-0.1, -0.05) is 22.0 Å². The highest BCUT2D eigenvalue weighted by molar-refractivity contribution is 9.09. The van der Waals surface area contributed by atoms with E-state index in [2.05, 4.69) is 15.9 Å². The fraction of sp³-hybridized carbons (Fsp3) is 0.455. The minimum atomic E-state index is -4.40. The lowest BCUT2D eigenvalue weighted by Gasteiger charge is -2.19. The average molecular weight is 313 g/mol. The summed E-state index contributed by atoms with van der Waals surface area (Å²) in [7, 11) is 0. The predicted octanol–water partition coefficient (Wildman–Crippen LogP) is 2.80. The van der Waals surface area contributed by atoms with E-state index in [0.29, 0.717) is 11.1 Å². The number of hydrogen-bond acceptors (Lipinski definition) is 2. The van der Waals surface area contributed by atoms with Crippen LogP contribution in [0.3, 0.4) is 0 Å². The van der Waals surface area contributed by atoms with Crippen molar-refractivity contribution in [3.05, 3.63) is 34.9 Å². The smallest absolute Gasteiger partial charge is 0.389 e. The van der Waals surface area contributed by atoms with Crippen molar-refractivity contribution in [3.8, 4) is 0 Å². The lowest BCUT2D eigenvalue weighted by molar-refractivity contribution is -0.137. The van der Waals surface area contributed by atoms with Crippen molar-refractivity contribution in [2.45, 2.75) is 25.3 Å². The molecule has 2 nitrogen and oxygen atoms in total. The van der Waals surface area contributed by atoms with Crippen LogP contribution >= 0.6 is 15.9 Å². The van der Waals surface area contributed by atoms with Crippen LogP contribution in [0.4, 0.5) is 13.2 Å². The standard InChI is InChI=1S/C11H12BrF3O2/c1-6-4-7(11(13,14)15)2-3-8(6)10(17)9(16)5-12/h2-4,9-10,16-17H,5H2,1H3. The molecule has 0 aliphatic carbocycles. The second-order valence-corrected chi connectivity index (χ2v) is 4.38. The maximum atomic E-state index is 12.4. The molecular weight excluding hydrogens is 301 g/mol. The number of hydrogen-bond donors (Lipinski definition) is 2. The van der Waals surface area contributed by atoms with Crippen molar-refractivity contribution in [3.63, 3.8) is 0 Å². The van der Waals surface area contributed by atoms with Gasteiger partial charge < -0.3 is 10.2 Å². The monoisotopic (exact) mass is 312 g/mol. The number of benzene rings is 1. The lowest BCUT2D eigenvalue weighted by atomic mass is 9.98. The molecule has 0 spiro atoms. The van der Waals surface area contributed by atoms with Crippen LogP contribution in [0.15, 0.2) is 18.2 Å². The second-order valence-electron chi connectivity index (χ2n) is 3.74. The molecule has 0 saturated heterocycles. The van der Waals surface area contributed by atoms with Crippen LogP contribution in [0.2, 0.25) is 0 Å². The molecule has 2 N–H and O–H groups in total. The summed E-state index contributed by atoms with van der Waals surface area (Å²) in [6, 6.07) is 3.04. The molecule has 0 saturated carbocycles. The normalized spacial score (nSPS) is 15.7. The third kappa shape index (κ3) is 3.43. The summed E-state index contributed by atoms with van der Waals surface area (Å²) >= 11 is 2.99. The molecule has 17 heavy (non-hydrogen) atoms. The van der Waals surface area contributed by atoms with Gasteiger partial charge in [0.2, 0.25) is 0 Å². The van der Waals surface area contributed by atoms with Crippen LogP contribution in [0, 0.1) is 6.92 Å². The Morgan fingerprint density at radius 1 is 1.29 bits per heavy atom. The molecule has 0 bridgehead atoms. The van der Waals surface area contributed by atoms with Gasteiger partial charge in [-0.25, -0.2) is 0 Å². The van der Waals surface area contributed by atoms with Crippen LogP contribution in [0.25, 0.3) is 0 Å². The highest BCUT2D eigenvalue weighted by Crippen LogP contribution is 2.32. The van der Waals surface area contributed by atoms with E-state index in [9.17, 15) is 23.4 Å². The SMILES string of the molecule is Cc1cc(C(F)(F)F)ccc1C(O)C(O)CBr. The maximum Gasteiger partial charge on any atom is 0.416 e. The number of aryl methyl sites for hydroxylation is 1. The summed E-state index contributed by atoms with van der Waals surface area (Å²) in [5, 5.41) is 19.3. The molecule has 1 aromatic rings. The van der Waals surface area contributed by atoms with E-state index in [4.69, 9.17) is 0 Å². The molecule has 1 rings (SSSR count). The van der Waals surface area contributed by atoms with Crippen LogP contribution in [-0.2, 0) is 6.18 Å². The molecule has 2 atom stereocenters. The Morgan fingerprint density at radius 3 is 2.29 bits per heavy atom. The van der Waals surface area contributed by atoms with Crippen LogP contribution in [0.1, 0.15) is 22.8 Å². The van der Waals surface area contributed by atoms with Crippen LogP contribution in [-0.4, -0.2) is 21.6 Å². The molecule has 2 unspecified atom stereocenters. The molecule has 6 heteroatoms.